The molecule has 2 aliphatic heterocycles. The highest BCUT2D eigenvalue weighted by Crippen LogP contribution is 2.40. The molecule has 2 rings (SSSR count). The molecule has 74 valence electrons. The maximum absolute atomic E-state index is 11.7. The van der Waals surface area contributed by atoms with Crippen molar-refractivity contribution in [3.63, 3.8) is 0 Å². The molecular weight excluding hydrogens is 188 g/mol. The molecule has 0 saturated carbocycles. The van der Waals surface area contributed by atoms with Crippen molar-refractivity contribution >= 4 is 16.9 Å². The van der Waals surface area contributed by atoms with Crippen molar-refractivity contribution < 1.29 is 9.00 Å². The van der Waals surface area contributed by atoms with Crippen LogP contribution in [0.2, 0.25) is 0 Å². The molecule has 5 heteroatoms. The van der Waals surface area contributed by atoms with Crippen molar-refractivity contribution in [2.24, 2.45) is 5.41 Å². The lowest BCUT2D eigenvalue weighted by molar-refractivity contribution is -0.140. The average Bonchev–Trinajstić information content (AvgIpc) is 2.26. The zero-order valence-electron chi connectivity index (χ0n) is 7.95. The summed E-state index contributed by atoms with van der Waals surface area (Å²) < 4.78 is 12.9. The van der Waals surface area contributed by atoms with Crippen molar-refractivity contribution in [2.45, 2.75) is 6.42 Å². The van der Waals surface area contributed by atoms with E-state index in [-0.39, 0.29) is 11.3 Å². The lowest BCUT2D eigenvalue weighted by Gasteiger charge is -2.44. The van der Waals surface area contributed by atoms with Crippen molar-refractivity contribution in [3.8, 4) is 0 Å². The van der Waals surface area contributed by atoms with Gasteiger partial charge in [-0.2, -0.15) is 0 Å². The van der Waals surface area contributed by atoms with Gasteiger partial charge in [0.25, 0.3) is 0 Å². The third kappa shape index (κ3) is 1.21. The number of nitrogens with zero attached hydrogens (tertiary/aromatic N) is 2. The number of hydrogen-bond donors (Lipinski definition) is 0. The molecule has 4 nitrogen and oxygen atoms in total. The van der Waals surface area contributed by atoms with E-state index in [4.69, 9.17) is 0 Å². The van der Waals surface area contributed by atoms with Gasteiger partial charge < -0.3 is 4.90 Å². The smallest absolute Gasteiger partial charge is 0.231 e. The van der Waals surface area contributed by atoms with E-state index in [9.17, 15) is 9.00 Å². The molecule has 0 aromatic heterocycles. The monoisotopic (exact) mass is 202 g/mol. The molecule has 2 saturated heterocycles. The summed E-state index contributed by atoms with van der Waals surface area (Å²) in [6.07, 6.45) is 2.59. The predicted octanol–water partition coefficient (Wildman–Crippen LogP) is -0.556. The van der Waals surface area contributed by atoms with E-state index in [0.29, 0.717) is 13.1 Å². The Kier molecular flexibility index (Phi) is 1.96. The molecule has 1 amide bonds. The normalized spacial score (nSPS) is 29.4. The highest BCUT2D eigenvalue weighted by molar-refractivity contribution is 7.81. The van der Waals surface area contributed by atoms with Crippen molar-refractivity contribution in [1.29, 1.82) is 0 Å². The first-order chi connectivity index (χ1) is 6.05. The van der Waals surface area contributed by atoms with E-state index in [1.54, 1.807) is 11.2 Å². The lowest BCUT2D eigenvalue weighted by Crippen LogP contribution is -2.59. The minimum absolute atomic E-state index is 0.180. The van der Waals surface area contributed by atoms with Crippen LogP contribution in [0.15, 0.2) is 0 Å². The summed E-state index contributed by atoms with van der Waals surface area (Å²) in [4.78, 5) is 13.5. The summed E-state index contributed by atoms with van der Waals surface area (Å²) in [6.45, 7) is 2.21. The van der Waals surface area contributed by atoms with Crippen LogP contribution < -0.4 is 0 Å². The van der Waals surface area contributed by atoms with Crippen molar-refractivity contribution in [1.82, 2.24) is 9.21 Å². The molecule has 0 N–H and O–H groups in total. The first kappa shape index (κ1) is 9.15. The van der Waals surface area contributed by atoms with Gasteiger partial charge in [0, 0.05) is 32.9 Å². The number of carbonyl (C=O) groups excluding carboxylic acids is 1. The summed E-state index contributed by atoms with van der Waals surface area (Å²) >= 11 is 0. The molecule has 13 heavy (non-hydrogen) atoms. The molecule has 1 atom stereocenters. The van der Waals surface area contributed by atoms with E-state index in [2.05, 4.69) is 0 Å². The Morgan fingerprint density at radius 1 is 1.46 bits per heavy atom. The van der Waals surface area contributed by atoms with E-state index in [0.717, 1.165) is 13.0 Å². The van der Waals surface area contributed by atoms with Crippen molar-refractivity contribution in [3.05, 3.63) is 0 Å². The fraction of sp³-hybridized carbons (Fsp3) is 0.875. The molecule has 0 aromatic rings. The van der Waals surface area contributed by atoms with Crippen LogP contribution in [0.3, 0.4) is 0 Å². The number of rotatable bonds is 1. The highest BCUT2D eigenvalue weighted by Gasteiger charge is 2.54. The molecular formula is C8H14N2O2S. The molecule has 2 aliphatic rings. The third-order valence-electron chi connectivity index (χ3n) is 3.05. The van der Waals surface area contributed by atoms with Gasteiger partial charge in [-0.25, -0.2) is 8.51 Å². The number of carbonyl (C=O) groups is 1. The summed E-state index contributed by atoms with van der Waals surface area (Å²) in [5, 5.41) is 0. The van der Waals surface area contributed by atoms with Gasteiger partial charge in [-0.15, -0.1) is 0 Å². The fourth-order valence-electron chi connectivity index (χ4n) is 2.10. The Balaban J connectivity index is 2.04. The maximum atomic E-state index is 11.7. The molecule has 0 bridgehead atoms. The van der Waals surface area contributed by atoms with Gasteiger partial charge in [-0.3, -0.25) is 4.79 Å². The zero-order chi connectivity index (χ0) is 9.64. The Labute approximate surface area is 80.5 Å². The number of amides is 1. The molecule has 2 heterocycles. The zero-order valence-corrected chi connectivity index (χ0v) is 8.76. The maximum Gasteiger partial charge on any atom is 0.231 e. The summed E-state index contributed by atoms with van der Waals surface area (Å²) in [5.74, 6) is 0.231. The predicted molar refractivity (Wildman–Crippen MR) is 50.3 cm³/mol. The molecule has 0 radical (unpaired) electrons. The second-order valence-corrected chi connectivity index (χ2v) is 5.34. The summed E-state index contributed by atoms with van der Waals surface area (Å²) in [5.41, 5.74) is -0.180. The standard InChI is InChI=1S/C8H14N2O2S/c1-9-4-3-8(7(9)11)5-10(6-8)13(2)12/h3-6H2,1-2H3. The molecule has 1 unspecified atom stereocenters. The summed E-state index contributed by atoms with van der Waals surface area (Å²) in [6, 6.07) is 0. The second kappa shape index (κ2) is 2.78. The third-order valence-corrected chi connectivity index (χ3v) is 4.03. The molecule has 0 aliphatic carbocycles. The highest BCUT2D eigenvalue weighted by atomic mass is 32.2. The van der Waals surface area contributed by atoms with Crippen LogP contribution in [0, 0.1) is 5.41 Å². The van der Waals surface area contributed by atoms with Gasteiger partial charge >= 0.3 is 0 Å². The molecule has 1 spiro atoms. The van der Waals surface area contributed by atoms with Gasteiger partial charge in [0.15, 0.2) is 0 Å². The Morgan fingerprint density at radius 3 is 2.46 bits per heavy atom. The van der Waals surface area contributed by atoms with Crippen LogP contribution in [0.5, 0.6) is 0 Å². The van der Waals surface area contributed by atoms with Gasteiger partial charge in [-0.1, -0.05) is 0 Å². The minimum Gasteiger partial charge on any atom is -0.345 e. The van der Waals surface area contributed by atoms with Gasteiger partial charge in [0.2, 0.25) is 5.91 Å². The van der Waals surface area contributed by atoms with E-state index in [1.807, 2.05) is 11.4 Å². The topological polar surface area (TPSA) is 40.6 Å². The largest absolute Gasteiger partial charge is 0.345 e. The second-order valence-electron chi connectivity index (χ2n) is 3.98. The Hall–Kier alpha value is -0.420. The van der Waals surface area contributed by atoms with Crippen LogP contribution >= 0.6 is 0 Å². The van der Waals surface area contributed by atoms with Crippen LogP contribution in [0.1, 0.15) is 6.42 Å². The fourth-order valence-corrected chi connectivity index (χ4v) is 2.96. The van der Waals surface area contributed by atoms with Gasteiger partial charge in [-0.05, 0) is 6.42 Å². The summed E-state index contributed by atoms with van der Waals surface area (Å²) in [7, 11) is 0.927. The number of likely N-dealkylation sites (tertiary alicyclic amines) is 1. The Bertz CT molecular complexity index is 273. The van der Waals surface area contributed by atoms with Gasteiger partial charge in [0.1, 0.15) is 0 Å². The van der Waals surface area contributed by atoms with E-state index in [1.165, 1.54) is 0 Å². The van der Waals surface area contributed by atoms with E-state index < -0.39 is 11.0 Å². The SMILES string of the molecule is CN1CCC2(CN(S(C)=O)C2)C1=O. The Morgan fingerprint density at radius 2 is 2.08 bits per heavy atom. The van der Waals surface area contributed by atoms with E-state index >= 15 is 0 Å². The van der Waals surface area contributed by atoms with Crippen LogP contribution in [0.25, 0.3) is 0 Å². The van der Waals surface area contributed by atoms with Gasteiger partial charge in [0.05, 0.1) is 16.4 Å². The first-order valence-electron chi connectivity index (χ1n) is 4.39. The lowest BCUT2D eigenvalue weighted by atomic mass is 9.80. The van der Waals surface area contributed by atoms with Crippen LogP contribution in [0.4, 0.5) is 0 Å². The van der Waals surface area contributed by atoms with Crippen LogP contribution in [-0.4, -0.2) is 52.3 Å². The quantitative estimate of drug-likeness (QED) is 0.572. The first-order valence-corrected chi connectivity index (χ1v) is 5.91. The minimum atomic E-state index is -0.909. The van der Waals surface area contributed by atoms with Crippen LogP contribution in [-0.2, 0) is 15.8 Å². The van der Waals surface area contributed by atoms with Crippen molar-refractivity contribution in [2.75, 3.05) is 32.9 Å². The number of hydrogen-bond acceptors (Lipinski definition) is 2. The molecule has 0 aromatic carbocycles. The average molecular weight is 202 g/mol. The molecule has 2 fully saturated rings.